The molecule has 1 saturated heterocycles. The van der Waals surface area contributed by atoms with Gasteiger partial charge in [-0.3, -0.25) is 0 Å². The lowest BCUT2D eigenvalue weighted by atomic mass is 10.4. The van der Waals surface area contributed by atoms with E-state index in [0.717, 1.165) is 25.9 Å². The highest BCUT2D eigenvalue weighted by Crippen LogP contribution is 2.13. The average molecular weight is 228 g/mol. The van der Waals surface area contributed by atoms with Crippen LogP contribution in [0.4, 0.5) is 18.0 Å². The Morgan fingerprint density at radius 1 is 1.20 bits per heavy atom. The Balaban J connectivity index is 0.000000265. The fraction of sp³-hybridized carbons (Fsp3) is 0.714. The highest BCUT2D eigenvalue weighted by molar-refractivity contribution is 5.73. The van der Waals surface area contributed by atoms with Gasteiger partial charge in [-0.2, -0.15) is 13.2 Å². The van der Waals surface area contributed by atoms with E-state index in [4.69, 9.17) is 15.6 Å². The Bertz CT molecular complexity index is 236. The highest BCUT2D eigenvalue weighted by Gasteiger charge is 2.38. The molecule has 0 aromatic heterocycles. The van der Waals surface area contributed by atoms with Crippen LogP contribution in [0.15, 0.2) is 0 Å². The molecule has 88 valence electrons. The zero-order chi connectivity index (χ0) is 12.1. The van der Waals surface area contributed by atoms with Gasteiger partial charge in [-0.05, 0) is 12.8 Å². The smallest absolute Gasteiger partial charge is 0.475 e. The molecule has 1 aliphatic heterocycles. The first-order chi connectivity index (χ1) is 6.75. The summed E-state index contributed by atoms with van der Waals surface area (Å²) in [6.45, 7) is 1.71. The molecule has 1 heterocycles. The van der Waals surface area contributed by atoms with E-state index < -0.39 is 12.1 Å². The second-order valence-electron chi connectivity index (χ2n) is 2.84. The summed E-state index contributed by atoms with van der Waals surface area (Å²) < 4.78 is 31.7. The molecule has 1 fully saturated rings. The quantitative estimate of drug-likeness (QED) is 0.643. The molecule has 0 radical (unpaired) electrons. The first-order valence-corrected chi connectivity index (χ1v) is 4.09. The van der Waals surface area contributed by atoms with Gasteiger partial charge >= 0.3 is 18.2 Å². The van der Waals surface area contributed by atoms with Crippen molar-refractivity contribution in [1.29, 1.82) is 0 Å². The van der Waals surface area contributed by atoms with E-state index in [-0.39, 0.29) is 6.03 Å². The molecule has 0 aromatic rings. The molecule has 0 spiro atoms. The number of rotatable bonds is 0. The summed E-state index contributed by atoms with van der Waals surface area (Å²) >= 11 is 0. The van der Waals surface area contributed by atoms with Gasteiger partial charge in [0.05, 0.1) is 0 Å². The second kappa shape index (κ2) is 5.42. The van der Waals surface area contributed by atoms with Gasteiger partial charge in [0, 0.05) is 13.1 Å². The lowest BCUT2D eigenvalue weighted by Crippen LogP contribution is -2.32. The number of hydrogen-bond acceptors (Lipinski definition) is 2. The number of alkyl halides is 3. The molecule has 0 aromatic carbocycles. The maximum atomic E-state index is 10.6. The van der Waals surface area contributed by atoms with Crippen LogP contribution in [0.3, 0.4) is 0 Å². The standard InChI is InChI=1S/C5H10N2O.C2HF3O2/c6-5(8)7-3-1-2-4-7;3-2(4,5)1(6)7/h1-4H2,(H2,6,8);(H,6,7). The van der Waals surface area contributed by atoms with Crippen molar-refractivity contribution in [3.8, 4) is 0 Å². The summed E-state index contributed by atoms with van der Waals surface area (Å²) in [5.74, 6) is -2.76. The lowest BCUT2D eigenvalue weighted by Gasteiger charge is -2.09. The fourth-order valence-corrected chi connectivity index (χ4v) is 0.938. The zero-order valence-corrected chi connectivity index (χ0v) is 7.75. The second-order valence-corrected chi connectivity index (χ2v) is 2.84. The van der Waals surface area contributed by atoms with Gasteiger partial charge in [-0.25, -0.2) is 9.59 Å². The lowest BCUT2D eigenvalue weighted by molar-refractivity contribution is -0.192. The van der Waals surface area contributed by atoms with Crippen molar-refractivity contribution in [3.05, 3.63) is 0 Å². The van der Waals surface area contributed by atoms with Crippen LogP contribution in [0.5, 0.6) is 0 Å². The van der Waals surface area contributed by atoms with Gasteiger partial charge in [0.25, 0.3) is 0 Å². The summed E-state index contributed by atoms with van der Waals surface area (Å²) in [6, 6.07) is -0.275. The van der Waals surface area contributed by atoms with Crippen molar-refractivity contribution in [2.75, 3.05) is 13.1 Å². The summed E-state index contributed by atoms with van der Waals surface area (Å²) in [6.07, 6.45) is -2.86. The van der Waals surface area contributed by atoms with E-state index in [1.54, 1.807) is 4.90 Å². The van der Waals surface area contributed by atoms with Crippen LogP contribution in [-0.4, -0.2) is 41.3 Å². The Kier molecular flexibility index (Phi) is 4.89. The average Bonchev–Trinajstić information content (AvgIpc) is 2.54. The van der Waals surface area contributed by atoms with Crippen molar-refractivity contribution in [2.24, 2.45) is 5.73 Å². The molecule has 0 aliphatic carbocycles. The Morgan fingerprint density at radius 3 is 1.67 bits per heavy atom. The normalized spacial score (nSPS) is 15.5. The van der Waals surface area contributed by atoms with Crippen molar-refractivity contribution in [1.82, 2.24) is 4.90 Å². The number of primary amides is 1. The third-order valence-electron chi connectivity index (χ3n) is 1.66. The maximum Gasteiger partial charge on any atom is 0.490 e. The highest BCUT2D eigenvalue weighted by atomic mass is 19.4. The Morgan fingerprint density at radius 2 is 1.53 bits per heavy atom. The Hall–Kier alpha value is -1.47. The summed E-state index contributed by atoms with van der Waals surface area (Å²) in [5, 5.41) is 7.12. The molecule has 5 nitrogen and oxygen atoms in total. The van der Waals surface area contributed by atoms with Crippen molar-refractivity contribution >= 4 is 12.0 Å². The molecule has 2 amide bonds. The SMILES string of the molecule is NC(=O)N1CCCC1.O=C(O)C(F)(F)F. The fourth-order valence-electron chi connectivity index (χ4n) is 0.938. The van der Waals surface area contributed by atoms with Gasteiger partial charge in [0.1, 0.15) is 0 Å². The van der Waals surface area contributed by atoms with Crippen molar-refractivity contribution < 1.29 is 27.9 Å². The van der Waals surface area contributed by atoms with Gasteiger partial charge in [-0.15, -0.1) is 0 Å². The molecular formula is C7H11F3N2O3. The van der Waals surface area contributed by atoms with E-state index in [2.05, 4.69) is 0 Å². The molecule has 0 bridgehead atoms. The number of nitrogens with two attached hydrogens (primary N) is 1. The summed E-state index contributed by atoms with van der Waals surface area (Å²) in [7, 11) is 0. The molecule has 0 unspecified atom stereocenters. The predicted octanol–water partition coefficient (Wildman–Crippen LogP) is 0.794. The van der Waals surface area contributed by atoms with Gasteiger partial charge in [-0.1, -0.05) is 0 Å². The van der Waals surface area contributed by atoms with Crippen LogP contribution < -0.4 is 5.73 Å². The molecule has 3 N–H and O–H groups in total. The summed E-state index contributed by atoms with van der Waals surface area (Å²) in [4.78, 5) is 20.9. The molecule has 8 heteroatoms. The molecule has 15 heavy (non-hydrogen) atoms. The number of carboxylic acid groups (broad SMARTS) is 1. The predicted molar refractivity (Wildman–Crippen MR) is 44.1 cm³/mol. The summed E-state index contributed by atoms with van der Waals surface area (Å²) in [5.41, 5.74) is 4.98. The van der Waals surface area contributed by atoms with Gasteiger partial charge in [0.2, 0.25) is 0 Å². The van der Waals surface area contributed by atoms with E-state index in [1.807, 2.05) is 0 Å². The van der Waals surface area contributed by atoms with Crippen LogP contribution >= 0.6 is 0 Å². The van der Waals surface area contributed by atoms with E-state index in [9.17, 15) is 18.0 Å². The number of aliphatic carboxylic acids is 1. The van der Waals surface area contributed by atoms with Crippen LogP contribution in [0.1, 0.15) is 12.8 Å². The van der Waals surface area contributed by atoms with E-state index in [0.29, 0.717) is 0 Å². The van der Waals surface area contributed by atoms with Crippen molar-refractivity contribution in [2.45, 2.75) is 19.0 Å². The number of halogens is 3. The minimum absolute atomic E-state index is 0.275. The van der Waals surface area contributed by atoms with Crippen LogP contribution in [0.2, 0.25) is 0 Å². The molecule has 0 atom stereocenters. The van der Waals surface area contributed by atoms with E-state index >= 15 is 0 Å². The molecular weight excluding hydrogens is 217 g/mol. The maximum absolute atomic E-state index is 10.6. The van der Waals surface area contributed by atoms with E-state index in [1.165, 1.54) is 0 Å². The number of urea groups is 1. The molecule has 1 aliphatic rings. The van der Waals surface area contributed by atoms with Crippen LogP contribution in [0.25, 0.3) is 0 Å². The number of nitrogens with zero attached hydrogens (tertiary/aromatic N) is 1. The first kappa shape index (κ1) is 13.5. The number of hydrogen-bond donors (Lipinski definition) is 2. The Labute approximate surface area is 83.6 Å². The monoisotopic (exact) mass is 228 g/mol. The van der Waals surface area contributed by atoms with Crippen molar-refractivity contribution in [3.63, 3.8) is 0 Å². The van der Waals surface area contributed by atoms with Crippen LogP contribution in [0, 0.1) is 0 Å². The first-order valence-electron chi connectivity index (χ1n) is 4.09. The molecule has 0 saturated carbocycles. The number of carboxylic acids is 1. The number of amides is 2. The topological polar surface area (TPSA) is 83.6 Å². The zero-order valence-electron chi connectivity index (χ0n) is 7.75. The number of carbonyl (C=O) groups is 2. The third-order valence-corrected chi connectivity index (χ3v) is 1.66. The van der Waals surface area contributed by atoms with Gasteiger partial charge in [0.15, 0.2) is 0 Å². The van der Waals surface area contributed by atoms with Crippen LogP contribution in [-0.2, 0) is 4.79 Å². The number of carbonyl (C=O) groups excluding carboxylic acids is 1. The van der Waals surface area contributed by atoms with Gasteiger partial charge < -0.3 is 15.7 Å². The minimum Gasteiger partial charge on any atom is -0.475 e. The largest absolute Gasteiger partial charge is 0.490 e. The minimum atomic E-state index is -5.08. The third kappa shape index (κ3) is 5.76. The molecule has 1 rings (SSSR count). The number of likely N-dealkylation sites (tertiary alicyclic amines) is 1.